The van der Waals surface area contributed by atoms with Crippen LogP contribution in [0, 0.1) is 5.92 Å². The molecule has 0 heterocycles. The minimum absolute atomic E-state index is 0.103. The van der Waals surface area contributed by atoms with Crippen molar-refractivity contribution in [3.8, 4) is 0 Å². The number of nitrogens with zero attached hydrogens (tertiary/aromatic N) is 1. The van der Waals surface area contributed by atoms with Gasteiger partial charge in [0.25, 0.3) is 0 Å². The van der Waals surface area contributed by atoms with Crippen molar-refractivity contribution in [1.82, 2.24) is 4.90 Å². The number of rotatable bonds is 6. The molecule has 1 N–H and O–H groups in total. The van der Waals surface area contributed by atoms with Gasteiger partial charge in [-0.05, 0) is 12.2 Å². The molecule has 0 radical (unpaired) electrons. The fourth-order valence-electron chi connectivity index (χ4n) is 1.07. The van der Waals surface area contributed by atoms with E-state index in [-0.39, 0.29) is 12.5 Å². The summed E-state index contributed by atoms with van der Waals surface area (Å²) in [5.41, 5.74) is 0. The van der Waals surface area contributed by atoms with Crippen LogP contribution in [-0.2, 0) is 9.59 Å². The number of hydrogen-bond acceptors (Lipinski definition) is 3. The molecular weight excluding hydrogens is 202 g/mol. The van der Waals surface area contributed by atoms with Gasteiger partial charge in [0, 0.05) is 6.54 Å². The maximum Gasteiger partial charge on any atom is 0.323 e. The predicted molar refractivity (Wildman–Crippen MR) is 57.4 cm³/mol. The Hall–Kier alpha value is -0.710. The summed E-state index contributed by atoms with van der Waals surface area (Å²) in [7, 11) is 0. The molecule has 4 nitrogen and oxygen atoms in total. The van der Waals surface area contributed by atoms with Gasteiger partial charge < -0.3 is 10.0 Å². The van der Waals surface area contributed by atoms with Gasteiger partial charge >= 0.3 is 5.97 Å². The Labute approximate surface area is 88.7 Å². The molecule has 0 saturated carbocycles. The summed E-state index contributed by atoms with van der Waals surface area (Å²) in [5.74, 6) is -0.422. The van der Waals surface area contributed by atoms with Crippen LogP contribution in [0.1, 0.15) is 13.8 Å². The molecule has 0 bridgehead atoms. The van der Waals surface area contributed by atoms with Crippen molar-refractivity contribution in [2.45, 2.75) is 13.8 Å². The van der Waals surface area contributed by atoms with Gasteiger partial charge in [-0.3, -0.25) is 9.59 Å². The molecule has 0 aliphatic rings. The molecule has 0 aromatic heterocycles. The second-order valence-electron chi connectivity index (χ2n) is 3.49. The third-order valence-corrected chi connectivity index (χ3v) is 2.07. The fourth-order valence-corrected chi connectivity index (χ4v) is 1.50. The zero-order valence-electron chi connectivity index (χ0n) is 8.82. The van der Waals surface area contributed by atoms with Crippen LogP contribution in [0.4, 0.5) is 0 Å². The van der Waals surface area contributed by atoms with Crippen LogP contribution in [0.3, 0.4) is 0 Å². The van der Waals surface area contributed by atoms with E-state index in [0.29, 0.717) is 18.2 Å². The van der Waals surface area contributed by atoms with Gasteiger partial charge in [-0.1, -0.05) is 13.8 Å². The van der Waals surface area contributed by atoms with Crippen LogP contribution in [0.25, 0.3) is 0 Å². The first kappa shape index (κ1) is 13.3. The molecule has 0 aromatic carbocycles. The number of carboxylic acid groups (broad SMARTS) is 1. The SMILES string of the molecule is CSCC(=O)N(CC(=O)O)CC(C)C. The molecule has 5 heteroatoms. The summed E-state index contributed by atoms with van der Waals surface area (Å²) in [6.07, 6.45) is 1.83. The maximum absolute atomic E-state index is 11.5. The van der Waals surface area contributed by atoms with Crippen LogP contribution in [-0.4, -0.2) is 47.0 Å². The number of thioether (sulfide) groups is 1. The minimum atomic E-state index is -0.958. The van der Waals surface area contributed by atoms with Crippen LogP contribution >= 0.6 is 11.8 Å². The highest BCUT2D eigenvalue weighted by Crippen LogP contribution is 2.02. The molecule has 0 rings (SSSR count). The molecule has 0 aliphatic carbocycles. The Kier molecular flexibility index (Phi) is 6.36. The van der Waals surface area contributed by atoms with Crippen molar-refractivity contribution < 1.29 is 14.7 Å². The Bertz CT molecular complexity index is 206. The number of carbonyl (C=O) groups is 2. The van der Waals surface area contributed by atoms with E-state index in [1.165, 1.54) is 16.7 Å². The van der Waals surface area contributed by atoms with Gasteiger partial charge in [0.05, 0.1) is 5.75 Å². The van der Waals surface area contributed by atoms with E-state index in [9.17, 15) is 9.59 Å². The van der Waals surface area contributed by atoms with E-state index < -0.39 is 5.97 Å². The number of aliphatic carboxylic acids is 1. The highest BCUT2D eigenvalue weighted by Gasteiger charge is 2.16. The molecule has 14 heavy (non-hydrogen) atoms. The summed E-state index contributed by atoms with van der Waals surface area (Å²) < 4.78 is 0. The second-order valence-corrected chi connectivity index (χ2v) is 4.36. The van der Waals surface area contributed by atoms with E-state index in [1.807, 2.05) is 20.1 Å². The lowest BCUT2D eigenvalue weighted by molar-refractivity contribution is -0.143. The smallest absolute Gasteiger partial charge is 0.323 e. The average Bonchev–Trinajstić information content (AvgIpc) is 2.01. The summed E-state index contributed by atoms with van der Waals surface area (Å²) in [5, 5.41) is 8.61. The summed E-state index contributed by atoms with van der Waals surface area (Å²) in [6.45, 7) is 4.23. The predicted octanol–water partition coefficient (Wildman–Crippen LogP) is 0.919. The van der Waals surface area contributed by atoms with E-state index in [4.69, 9.17) is 5.11 Å². The molecule has 0 saturated heterocycles. The van der Waals surface area contributed by atoms with E-state index in [0.717, 1.165) is 0 Å². The Balaban J connectivity index is 4.22. The molecule has 0 fully saturated rings. The summed E-state index contributed by atoms with van der Waals surface area (Å²) >= 11 is 1.41. The van der Waals surface area contributed by atoms with Crippen molar-refractivity contribution in [1.29, 1.82) is 0 Å². The molecule has 0 spiro atoms. The van der Waals surface area contributed by atoms with Crippen LogP contribution in [0.5, 0.6) is 0 Å². The first-order valence-corrected chi connectivity index (χ1v) is 5.85. The number of amides is 1. The Morgan fingerprint density at radius 2 is 2.00 bits per heavy atom. The van der Waals surface area contributed by atoms with E-state index >= 15 is 0 Å². The lowest BCUT2D eigenvalue weighted by Gasteiger charge is -2.22. The minimum Gasteiger partial charge on any atom is -0.480 e. The third-order valence-electron chi connectivity index (χ3n) is 1.53. The molecule has 1 amide bonds. The highest BCUT2D eigenvalue weighted by atomic mass is 32.2. The summed E-state index contributed by atoms with van der Waals surface area (Å²) in [6, 6.07) is 0. The lowest BCUT2D eigenvalue weighted by Crippen LogP contribution is -2.39. The van der Waals surface area contributed by atoms with Crippen molar-refractivity contribution in [2.75, 3.05) is 25.1 Å². The van der Waals surface area contributed by atoms with Crippen molar-refractivity contribution >= 4 is 23.6 Å². The van der Waals surface area contributed by atoms with Crippen molar-refractivity contribution in [3.63, 3.8) is 0 Å². The number of hydrogen-bond donors (Lipinski definition) is 1. The van der Waals surface area contributed by atoms with Gasteiger partial charge in [0.15, 0.2) is 0 Å². The molecule has 82 valence electrons. The topological polar surface area (TPSA) is 57.6 Å². The highest BCUT2D eigenvalue weighted by molar-refractivity contribution is 7.99. The monoisotopic (exact) mass is 219 g/mol. The quantitative estimate of drug-likeness (QED) is 0.721. The first-order chi connectivity index (χ1) is 6.47. The molecule has 0 aliphatic heterocycles. The van der Waals surface area contributed by atoms with Gasteiger partial charge in [0.2, 0.25) is 5.91 Å². The van der Waals surface area contributed by atoms with E-state index in [2.05, 4.69) is 0 Å². The molecule has 0 atom stereocenters. The van der Waals surface area contributed by atoms with Gasteiger partial charge in [-0.2, -0.15) is 11.8 Å². The summed E-state index contributed by atoms with van der Waals surface area (Å²) in [4.78, 5) is 23.3. The second kappa shape index (κ2) is 6.70. The van der Waals surface area contributed by atoms with Crippen LogP contribution in [0.2, 0.25) is 0 Å². The van der Waals surface area contributed by atoms with Crippen LogP contribution in [0.15, 0.2) is 0 Å². The van der Waals surface area contributed by atoms with Gasteiger partial charge in [-0.25, -0.2) is 0 Å². The molecular formula is C9H17NO3S. The standard InChI is InChI=1S/C9H17NO3S/c1-7(2)4-10(5-9(12)13)8(11)6-14-3/h7H,4-6H2,1-3H3,(H,12,13). The van der Waals surface area contributed by atoms with Crippen molar-refractivity contribution in [2.24, 2.45) is 5.92 Å². The van der Waals surface area contributed by atoms with Gasteiger partial charge in [0.1, 0.15) is 6.54 Å². The Morgan fingerprint density at radius 3 is 2.36 bits per heavy atom. The molecule has 0 aromatic rings. The normalized spacial score (nSPS) is 10.3. The van der Waals surface area contributed by atoms with E-state index in [1.54, 1.807) is 0 Å². The van der Waals surface area contributed by atoms with Crippen LogP contribution < -0.4 is 0 Å². The number of carbonyl (C=O) groups excluding carboxylic acids is 1. The largest absolute Gasteiger partial charge is 0.480 e. The lowest BCUT2D eigenvalue weighted by atomic mass is 10.2. The molecule has 0 unspecified atom stereocenters. The fraction of sp³-hybridized carbons (Fsp3) is 0.778. The maximum atomic E-state index is 11.5. The third kappa shape index (κ3) is 5.85. The van der Waals surface area contributed by atoms with Crippen molar-refractivity contribution in [3.05, 3.63) is 0 Å². The number of carboxylic acids is 1. The zero-order valence-corrected chi connectivity index (χ0v) is 9.63. The Morgan fingerprint density at radius 1 is 1.43 bits per heavy atom. The zero-order chi connectivity index (χ0) is 11.1. The average molecular weight is 219 g/mol. The van der Waals surface area contributed by atoms with Gasteiger partial charge in [-0.15, -0.1) is 0 Å². The first-order valence-electron chi connectivity index (χ1n) is 4.45.